The summed E-state index contributed by atoms with van der Waals surface area (Å²) in [4.78, 5) is 19.8. The molecule has 0 aromatic carbocycles. The number of carboxylic acid groups (broad SMARTS) is 1. The minimum atomic E-state index is -1.29. The second kappa shape index (κ2) is 3.03. The lowest BCUT2D eigenvalue weighted by Crippen LogP contribution is -2.35. The highest BCUT2D eigenvalue weighted by atomic mass is 16.4. The van der Waals surface area contributed by atoms with Crippen molar-refractivity contribution < 1.29 is 14.7 Å². The van der Waals surface area contributed by atoms with E-state index in [1.54, 1.807) is 0 Å². The van der Waals surface area contributed by atoms with Gasteiger partial charge in [-0.15, -0.1) is 0 Å². The lowest BCUT2D eigenvalue weighted by Gasteiger charge is -1.99. The summed E-state index contributed by atoms with van der Waals surface area (Å²) in [5.41, 5.74) is 9.45. The van der Waals surface area contributed by atoms with Gasteiger partial charge in [-0.3, -0.25) is 9.59 Å². The quantitative estimate of drug-likeness (QED) is 0.415. The fourth-order valence-electron chi connectivity index (χ4n) is 0.248. The first kappa shape index (κ1) is 7.90. The van der Waals surface area contributed by atoms with Crippen molar-refractivity contribution in [1.29, 1.82) is 0 Å². The molecule has 1 atom stereocenters. The molecular formula is C4H7N2O3. The van der Waals surface area contributed by atoms with Crippen molar-refractivity contribution in [3.05, 3.63) is 6.42 Å². The number of hydrogen-bond donors (Lipinski definition) is 3. The summed E-state index contributed by atoms with van der Waals surface area (Å²) >= 11 is 0. The van der Waals surface area contributed by atoms with Crippen LogP contribution in [-0.4, -0.2) is 23.0 Å². The van der Waals surface area contributed by atoms with Crippen LogP contribution in [0.25, 0.3) is 0 Å². The Morgan fingerprint density at radius 1 is 1.56 bits per heavy atom. The Hall–Kier alpha value is -1.10. The van der Waals surface area contributed by atoms with Gasteiger partial charge in [-0.2, -0.15) is 0 Å². The van der Waals surface area contributed by atoms with Gasteiger partial charge in [-0.05, 0) is 0 Å². The molecule has 0 saturated carbocycles. The number of nitrogens with two attached hydrogens (primary N) is 2. The minimum absolute atomic E-state index is 0.725. The predicted octanol–water partition coefficient (Wildman–Crippen LogP) is -1.91. The SMILES string of the molecule is NC(=O)[CH]C(N)C(=O)O. The summed E-state index contributed by atoms with van der Waals surface area (Å²) < 4.78 is 0. The third kappa shape index (κ3) is 3.48. The molecule has 51 valence electrons. The lowest BCUT2D eigenvalue weighted by molar-refractivity contribution is -0.138. The van der Waals surface area contributed by atoms with Gasteiger partial charge in [0.2, 0.25) is 5.91 Å². The van der Waals surface area contributed by atoms with Crippen LogP contribution >= 0.6 is 0 Å². The summed E-state index contributed by atoms with van der Waals surface area (Å²) in [7, 11) is 0. The topological polar surface area (TPSA) is 106 Å². The second-order valence-electron chi connectivity index (χ2n) is 1.43. The van der Waals surface area contributed by atoms with Crippen molar-refractivity contribution >= 4 is 11.9 Å². The molecule has 0 saturated heterocycles. The van der Waals surface area contributed by atoms with Crippen LogP contribution in [0.3, 0.4) is 0 Å². The monoisotopic (exact) mass is 131 g/mol. The molecule has 1 radical (unpaired) electrons. The number of aliphatic carboxylic acids is 1. The van der Waals surface area contributed by atoms with E-state index >= 15 is 0 Å². The Kier molecular flexibility index (Phi) is 2.66. The van der Waals surface area contributed by atoms with Crippen molar-refractivity contribution in [3.8, 4) is 0 Å². The van der Waals surface area contributed by atoms with E-state index in [0.717, 1.165) is 6.42 Å². The molecule has 5 nitrogen and oxygen atoms in total. The normalized spacial score (nSPS) is 12.6. The maximum Gasteiger partial charge on any atom is 0.321 e. The smallest absolute Gasteiger partial charge is 0.321 e. The van der Waals surface area contributed by atoms with Crippen LogP contribution < -0.4 is 11.5 Å². The summed E-state index contributed by atoms with van der Waals surface area (Å²) in [5, 5.41) is 8.07. The fraction of sp³-hybridized carbons (Fsp3) is 0.250. The van der Waals surface area contributed by atoms with E-state index in [1.807, 2.05) is 0 Å². The summed E-state index contributed by atoms with van der Waals surface area (Å²) in [6.45, 7) is 0. The average Bonchev–Trinajstić information content (AvgIpc) is 1.63. The molecule has 0 aromatic rings. The van der Waals surface area contributed by atoms with Crippen LogP contribution in [0.15, 0.2) is 0 Å². The molecule has 0 aliphatic heterocycles. The van der Waals surface area contributed by atoms with Gasteiger partial charge in [0.05, 0.1) is 6.42 Å². The summed E-state index contributed by atoms with van der Waals surface area (Å²) in [5.74, 6) is -2.10. The molecule has 1 unspecified atom stereocenters. The van der Waals surface area contributed by atoms with E-state index in [9.17, 15) is 9.59 Å². The van der Waals surface area contributed by atoms with Gasteiger partial charge in [-0.25, -0.2) is 0 Å². The molecule has 0 aromatic heterocycles. The zero-order valence-corrected chi connectivity index (χ0v) is 4.57. The molecule has 0 heterocycles. The van der Waals surface area contributed by atoms with E-state index < -0.39 is 17.9 Å². The Balaban J connectivity index is 3.63. The van der Waals surface area contributed by atoms with Gasteiger partial charge in [-0.1, -0.05) is 0 Å². The number of hydrogen-bond acceptors (Lipinski definition) is 3. The Morgan fingerprint density at radius 2 is 2.00 bits per heavy atom. The zero-order chi connectivity index (χ0) is 7.44. The molecule has 0 rings (SSSR count). The molecule has 5 heteroatoms. The average molecular weight is 131 g/mol. The van der Waals surface area contributed by atoms with Crippen LogP contribution in [0.1, 0.15) is 0 Å². The number of rotatable bonds is 3. The highest BCUT2D eigenvalue weighted by molar-refractivity contribution is 5.90. The van der Waals surface area contributed by atoms with Crippen molar-refractivity contribution in [1.82, 2.24) is 0 Å². The number of carbonyl (C=O) groups is 2. The molecule has 9 heavy (non-hydrogen) atoms. The van der Waals surface area contributed by atoms with Crippen LogP contribution in [0.4, 0.5) is 0 Å². The van der Waals surface area contributed by atoms with Crippen molar-refractivity contribution in [2.45, 2.75) is 6.04 Å². The highest BCUT2D eigenvalue weighted by Crippen LogP contribution is 1.82. The van der Waals surface area contributed by atoms with Crippen LogP contribution in [0.5, 0.6) is 0 Å². The molecular weight excluding hydrogens is 124 g/mol. The molecule has 0 bridgehead atoms. The predicted molar refractivity (Wildman–Crippen MR) is 29.1 cm³/mol. The highest BCUT2D eigenvalue weighted by Gasteiger charge is 2.13. The van der Waals surface area contributed by atoms with Gasteiger partial charge in [0.25, 0.3) is 0 Å². The van der Waals surface area contributed by atoms with E-state index in [-0.39, 0.29) is 0 Å². The third-order valence-corrected chi connectivity index (χ3v) is 0.629. The fourth-order valence-corrected chi connectivity index (χ4v) is 0.248. The number of amides is 1. The van der Waals surface area contributed by atoms with Crippen LogP contribution in [-0.2, 0) is 9.59 Å². The lowest BCUT2D eigenvalue weighted by atomic mass is 10.2. The minimum Gasteiger partial charge on any atom is -0.480 e. The molecule has 5 N–H and O–H groups in total. The van der Waals surface area contributed by atoms with Crippen LogP contribution in [0, 0.1) is 6.42 Å². The van der Waals surface area contributed by atoms with Crippen molar-refractivity contribution in [3.63, 3.8) is 0 Å². The van der Waals surface area contributed by atoms with Gasteiger partial charge in [0, 0.05) is 0 Å². The van der Waals surface area contributed by atoms with E-state index in [4.69, 9.17) is 10.8 Å². The van der Waals surface area contributed by atoms with Gasteiger partial charge in [0.15, 0.2) is 0 Å². The van der Waals surface area contributed by atoms with Crippen LogP contribution in [0.2, 0.25) is 0 Å². The molecule has 0 aliphatic rings. The number of carbonyl (C=O) groups excluding carboxylic acids is 1. The number of primary amides is 1. The standard InChI is InChI=1S/C4H7N2O3/c5-2(4(8)9)1-3(6)7/h1-2H,5H2,(H2,6,7)(H,8,9). The van der Waals surface area contributed by atoms with Gasteiger partial charge in [0.1, 0.15) is 6.04 Å². The van der Waals surface area contributed by atoms with E-state index in [1.165, 1.54) is 0 Å². The second-order valence-corrected chi connectivity index (χ2v) is 1.43. The Labute approximate surface area is 51.6 Å². The maximum atomic E-state index is 9.94. The number of carboxylic acids is 1. The summed E-state index contributed by atoms with van der Waals surface area (Å²) in [6, 6.07) is -1.29. The first-order chi connectivity index (χ1) is 4.04. The Morgan fingerprint density at radius 3 is 2.11 bits per heavy atom. The first-order valence-electron chi connectivity index (χ1n) is 2.16. The van der Waals surface area contributed by atoms with Crippen molar-refractivity contribution in [2.75, 3.05) is 0 Å². The zero-order valence-electron chi connectivity index (χ0n) is 4.57. The first-order valence-corrected chi connectivity index (χ1v) is 2.16. The van der Waals surface area contributed by atoms with E-state index in [0.29, 0.717) is 0 Å². The van der Waals surface area contributed by atoms with Gasteiger partial charge >= 0.3 is 5.97 Å². The van der Waals surface area contributed by atoms with Crippen molar-refractivity contribution in [2.24, 2.45) is 11.5 Å². The molecule has 0 spiro atoms. The molecule has 0 aliphatic carbocycles. The summed E-state index contributed by atoms with van der Waals surface area (Å²) in [6.07, 6.45) is 0.725. The van der Waals surface area contributed by atoms with Gasteiger partial charge < -0.3 is 16.6 Å². The Bertz CT molecular complexity index is 134. The third-order valence-electron chi connectivity index (χ3n) is 0.629. The van der Waals surface area contributed by atoms with E-state index in [2.05, 4.69) is 5.73 Å². The largest absolute Gasteiger partial charge is 0.480 e. The molecule has 1 amide bonds. The molecule has 0 fully saturated rings. The maximum absolute atomic E-state index is 9.94.